The van der Waals surface area contributed by atoms with Crippen molar-refractivity contribution in [1.29, 1.82) is 0 Å². The fraction of sp³-hybridized carbons (Fsp3) is 0.300. The molecule has 0 aliphatic carbocycles. The Bertz CT molecular complexity index is 1690. The summed E-state index contributed by atoms with van der Waals surface area (Å²) in [6.45, 7) is -1.45. The Hall–Kier alpha value is -4.73. The van der Waals surface area contributed by atoms with Gasteiger partial charge in [-0.05, 0) is 61.7 Å². The topological polar surface area (TPSA) is 95.0 Å². The van der Waals surface area contributed by atoms with Gasteiger partial charge in [0.15, 0.2) is 0 Å². The number of alkyl halides is 8. The third-order valence-electron chi connectivity index (χ3n) is 7.73. The van der Waals surface area contributed by atoms with Gasteiger partial charge in [-0.3, -0.25) is 19.6 Å². The third kappa shape index (κ3) is 6.34. The molecule has 46 heavy (non-hydrogen) atoms. The Balaban J connectivity index is 1.51. The van der Waals surface area contributed by atoms with Crippen LogP contribution in [-0.2, 0) is 28.5 Å². The number of carbonyl (C=O) groups is 2. The summed E-state index contributed by atoms with van der Waals surface area (Å²) in [5.74, 6) is -2.96. The second kappa shape index (κ2) is 11.9. The normalized spacial score (nSPS) is 19.1. The quantitative estimate of drug-likeness (QED) is 0.211. The van der Waals surface area contributed by atoms with Crippen molar-refractivity contribution in [2.75, 3.05) is 11.9 Å². The molecule has 2 N–H and O–H groups in total. The molecule has 1 atom stereocenters. The molecular formula is C30H24F8N4O4. The van der Waals surface area contributed by atoms with Crippen molar-refractivity contribution in [1.82, 2.24) is 15.0 Å². The van der Waals surface area contributed by atoms with Gasteiger partial charge in [0.05, 0.1) is 17.6 Å². The van der Waals surface area contributed by atoms with Crippen molar-refractivity contribution in [2.24, 2.45) is 0 Å². The predicted molar refractivity (Wildman–Crippen MR) is 146 cm³/mol. The summed E-state index contributed by atoms with van der Waals surface area (Å²) in [5, 5.41) is 16.3. The molecule has 1 saturated heterocycles. The number of nitrogens with one attached hydrogen (secondary N) is 1. The monoisotopic (exact) mass is 656 g/mol. The molecule has 0 radical (unpaired) electrons. The average Bonchev–Trinajstić information content (AvgIpc) is 3.37. The van der Waals surface area contributed by atoms with Gasteiger partial charge in [0.25, 0.3) is 11.8 Å². The van der Waals surface area contributed by atoms with Crippen LogP contribution in [0.3, 0.4) is 0 Å². The first-order valence-electron chi connectivity index (χ1n) is 13.6. The van der Waals surface area contributed by atoms with Gasteiger partial charge >= 0.3 is 19.0 Å². The van der Waals surface area contributed by atoms with Crippen LogP contribution in [0.25, 0.3) is 11.1 Å². The lowest BCUT2D eigenvalue weighted by Crippen LogP contribution is -2.60. The Labute approximate surface area is 255 Å². The first-order chi connectivity index (χ1) is 21.5. The highest BCUT2D eigenvalue weighted by Gasteiger charge is 2.52. The van der Waals surface area contributed by atoms with E-state index < -0.39 is 58.9 Å². The zero-order valence-corrected chi connectivity index (χ0v) is 23.7. The standard InChI is InChI=1S/C30H24F8N4O4/c1-28-10-3-11-42(28)41(15-16-4-2-5-19(12-16)46-27(31)32)26(45)23(24(28)43)25(44)40-21-8-7-18(29(33,34)35)13-20(21)17-6-9-22(39-14-17)30(36,37)38/h2,4-9,12-14,27,43H,3,10-11,15H2,1H3,(H,40,44). The van der Waals surface area contributed by atoms with Crippen molar-refractivity contribution in [2.45, 2.75) is 50.8 Å². The number of fused-ring (bicyclic) bond motifs is 1. The highest BCUT2D eigenvalue weighted by atomic mass is 19.4. The minimum absolute atomic E-state index is 0.176. The fourth-order valence-electron chi connectivity index (χ4n) is 5.51. The van der Waals surface area contributed by atoms with Gasteiger partial charge in [0.2, 0.25) is 0 Å². The van der Waals surface area contributed by atoms with E-state index in [9.17, 15) is 49.8 Å². The van der Waals surface area contributed by atoms with Gasteiger partial charge in [-0.1, -0.05) is 18.2 Å². The van der Waals surface area contributed by atoms with Gasteiger partial charge in [-0.2, -0.15) is 35.1 Å². The van der Waals surface area contributed by atoms with Crippen LogP contribution in [0.1, 0.15) is 36.6 Å². The van der Waals surface area contributed by atoms with Gasteiger partial charge in [-0.25, -0.2) is 5.01 Å². The zero-order chi connectivity index (χ0) is 33.6. The van der Waals surface area contributed by atoms with Crippen molar-refractivity contribution < 1.29 is 54.6 Å². The molecule has 3 heterocycles. The van der Waals surface area contributed by atoms with Crippen LogP contribution in [0, 0.1) is 0 Å². The number of anilines is 1. The van der Waals surface area contributed by atoms with Crippen molar-refractivity contribution in [3.05, 3.63) is 88.9 Å². The van der Waals surface area contributed by atoms with Crippen LogP contribution in [0.5, 0.6) is 5.75 Å². The van der Waals surface area contributed by atoms with Gasteiger partial charge < -0.3 is 15.2 Å². The Kier molecular flexibility index (Phi) is 8.44. The molecule has 244 valence electrons. The van der Waals surface area contributed by atoms with Gasteiger partial charge in [0.1, 0.15) is 22.8 Å². The number of hydrogen-bond donors (Lipinski definition) is 2. The number of carbonyl (C=O) groups excluding carboxylic acids is 2. The molecule has 1 unspecified atom stereocenters. The SMILES string of the molecule is CC12CCCN1N(Cc1cccc(OC(F)F)c1)C(=O)C(C(=O)Nc1ccc(C(F)(F)F)cc1-c1ccc(C(F)(F)F)nc1)=C2O. The molecule has 0 bridgehead atoms. The van der Waals surface area contributed by atoms with E-state index in [0.29, 0.717) is 49.3 Å². The van der Waals surface area contributed by atoms with Crippen molar-refractivity contribution >= 4 is 17.5 Å². The molecule has 1 aromatic heterocycles. The molecule has 2 aliphatic heterocycles. The molecule has 0 saturated carbocycles. The zero-order valence-electron chi connectivity index (χ0n) is 23.7. The minimum atomic E-state index is -4.85. The number of hydrogen-bond acceptors (Lipinski definition) is 6. The Morgan fingerprint density at radius 1 is 1.07 bits per heavy atom. The first-order valence-corrected chi connectivity index (χ1v) is 13.6. The smallest absolute Gasteiger partial charge is 0.433 e. The summed E-state index contributed by atoms with van der Waals surface area (Å²) in [6.07, 6.45) is -8.17. The lowest BCUT2D eigenvalue weighted by molar-refractivity contribution is -0.160. The van der Waals surface area contributed by atoms with Crippen LogP contribution < -0.4 is 10.1 Å². The van der Waals surface area contributed by atoms with E-state index in [4.69, 9.17) is 0 Å². The molecule has 2 aromatic carbocycles. The highest BCUT2D eigenvalue weighted by molar-refractivity contribution is 6.24. The van der Waals surface area contributed by atoms with E-state index in [1.807, 2.05) is 0 Å². The Morgan fingerprint density at radius 2 is 1.80 bits per heavy atom. The number of ether oxygens (including phenoxy) is 1. The van der Waals surface area contributed by atoms with E-state index in [0.717, 1.165) is 17.1 Å². The molecule has 2 aliphatic rings. The van der Waals surface area contributed by atoms with Crippen LogP contribution in [0.2, 0.25) is 0 Å². The average molecular weight is 657 g/mol. The molecule has 0 spiro atoms. The maximum absolute atomic E-state index is 13.8. The number of halogens is 8. The predicted octanol–water partition coefficient (Wildman–Crippen LogP) is 6.95. The van der Waals surface area contributed by atoms with Crippen molar-refractivity contribution in [3.8, 4) is 16.9 Å². The van der Waals surface area contributed by atoms with E-state index in [-0.39, 0.29) is 29.1 Å². The van der Waals surface area contributed by atoms with Gasteiger partial charge in [-0.15, -0.1) is 0 Å². The summed E-state index contributed by atoms with van der Waals surface area (Å²) in [5.41, 5.74) is -4.96. The molecule has 16 heteroatoms. The number of pyridine rings is 1. The molecular weight excluding hydrogens is 632 g/mol. The maximum Gasteiger partial charge on any atom is 0.433 e. The molecule has 5 rings (SSSR count). The number of nitrogens with zero attached hydrogens (tertiary/aromatic N) is 3. The number of aliphatic hydroxyl groups is 1. The largest absolute Gasteiger partial charge is 0.509 e. The molecule has 2 amide bonds. The second-order valence-electron chi connectivity index (χ2n) is 10.8. The van der Waals surface area contributed by atoms with Crippen LogP contribution >= 0.6 is 0 Å². The van der Waals surface area contributed by atoms with E-state index in [1.165, 1.54) is 24.3 Å². The Morgan fingerprint density at radius 3 is 2.43 bits per heavy atom. The van der Waals surface area contributed by atoms with Crippen molar-refractivity contribution in [3.63, 3.8) is 0 Å². The number of hydrazine groups is 1. The first kappa shape index (κ1) is 32.7. The van der Waals surface area contributed by atoms with Crippen LogP contribution in [0.15, 0.2) is 72.1 Å². The molecule has 1 fully saturated rings. The highest BCUT2D eigenvalue weighted by Crippen LogP contribution is 2.43. The van der Waals surface area contributed by atoms with Crippen LogP contribution in [-0.4, -0.2) is 50.6 Å². The number of aromatic nitrogens is 1. The minimum Gasteiger partial charge on any atom is -0.509 e. The number of aliphatic hydroxyl groups excluding tert-OH is 1. The van der Waals surface area contributed by atoms with E-state index >= 15 is 0 Å². The lowest BCUT2D eigenvalue weighted by Gasteiger charge is -2.46. The fourth-order valence-corrected chi connectivity index (χ4v) is 5.51. The summed E-state index contributed by atoms with van der Waals surface area (Å²) < 4.78 is 110. The molecule has 3 aromatic rings. The summed E-state index contributed by atoms with van der Waals surface area (Å²) in [6, 6.07) is 9.07. The second-order valence-corrected chi connectivity index (χ2v) is 10.8. The van der Waals surface area contributed by atoms with E-state index in [1.54, 1.807) is 11.9 Å². The van der Waals surface area contributed by atoms with E-state index in [2.05, 4.69) is 15.0 Å². The summed E-state index contributed by atoms with van der Waals surface area (Å²) in [4.78, 5) is 30.7. The molecule has 8 nitrogen and oxygen atoms in total. The maximum atomic E-state index is 13.8. The number of amides is 2. The van der Waals surface area contributed by atoms with Crippen LogP contribution in [0.4, 0.5) is 40.8 Å². The summed E-state index contributed by atoms with van der Waals surface area (Å²) in [7, 11) is 0. The third-order valence-corrected chi connectivity index (χ3v) is 7.73. The number of benzene rings is 2. The van der Waals surface area contributed by atoms with Gasteiger partial charge in [0, 0.05) is 29.6 Å². The number of rotatable bonds is 7. The summed E-state index contributed by atoms with van der Waals surface area (Å²) >= 11 is 0. The lowest BCUT2D eigenvalue weighted by atomic mass is 9.90.